The van der Waals surface area contributed by atoms with Crippen molar-refractivity contribution in [2.45, 2.75) is 6.42 Å². The van der Waals surface area contributed by atoms with E-state index in [1.165, 1.54) is 30.3 Å². The predicted molar refractivity (Wildman–Crippen MR) is 101 cm³/mol. The number of aromatic nitrogens is 1. The summed E-state index contributed by atoms with van der Waals surface area (Å²) in [6.07, 6.45) is -0.219. The van der Waals surface area contributed by atoms with Crippen LogP contribution >= 0.6 is 11.3 Å². The number of nitro groups is 1. The summed E-state index contributed by atoms with van der Waals surface area (Å²) in [6, 6.07) is 7.86. The standard InChI is InChI=1S/C18H11FN4O5S/c19-9-4-5-11-13(8-9)29-18(20-11)21-14(24)6-7-22-16(25)10-2-1-3-12(23(27)28)15(10)17(22)26/h1-5,8H,6-7H2,(H,20,21,24). The first kappa shape index (κ1) is 18.6. The van der Waals surface area contributed by atoms with Gasteiger partial charge < -0.3 is 5.32 Å². The highest BCUT2D eigenvalue weighted by Crippen LogP contribution is 2.31. The molecule has 4 rings (SSSR count). The molecule has 1 aliphatic rings. The molecule has 0 saturated heterocycles. The average molecular weight is 414 g/mol. The van der Waals surface area contributed by atoms with Gasteiger partial charge in [-0.15, -0.1) is 0 Å². The van der Waals surface area contributed by atoms with Gasteiger partial charge in [-0.2, -0.15) is 0 Å². The van der Waals surface area contributed by atoms with Crippen LogP contribution in [0.15, 0.2) is 36.4 Å². The molecular weight excluding hydrogens is 403 g/mol. The van der Waals surface area contributed by atoms with E-state index in [-0.39, 0.29) is 29.2 Å². The Morgan fingerprint density at radius 2 is 2.03 bits per heavy atom. The van der Waals surface area contributed by atoms with Gasteiger partial charge in [0.15, 0.2) is 5.13 Å². The fourth-order valence-electron chi connectivity index (χ4n) is 3.02. The van der Waals surface area contributed by atoms with Crippen molar-refractivity contribution in [2.24, 2.45) is 0 Å². The smallest absolute Gasteiger partial charge is 0.282 e. The van der Waals surface area contributed by atoms with Gasteiger partial charge in [0.25, 0.3) is 17.5 Å². The second-order valence-electron chi connectivity index (χ2n) is 6.15. The number of carbonyl (C=O) groups is 3. The van der Waals surface area contributed by atoms with E-state index < -0.39 is 34.1 Å². The van der Waals surface area contributed by atoms with Crippen LogP contribution < -0.4 is 5.32 Å². The number of nitrogens with zero attached hydrogens (tertiary/aromatic N) is 3. The van der Waals surface area contributed by atoms with E-state index in [2.05, 4.69) is 10.3 Å². The van der Waals surface area contributed by atoms with Gasteiger partial charge in [-0.1, -0.05) is 17.4 Å². The Balaban J connectivity index is 1.45. The molecule has 11 heteroatoms. The maximum Gasteiger partial charge on any atom is 0.282 e. The van der Waals surface area contributed by atoms with Gasteiger partial charge in [0, 0.05) is 19.0 Å². The minimum atomic E-state index is -0.805. The average Bonchev–Trinajstić information content (AvgIpc) is 3.18. The molecule has 0 spiro atoms. The number of nitro benzene ring substituents is 1. The number of hydrogen-bond donors (Lipinski definition) is 1. The fraction of sp³-hybridized carbons (Fsp3) is 0.111. The van der Waals surface area contributed by atoms with E-state index in [9.17, 15) is 28.9 Å². The topological polar surface area (TPSA) is 123 Å². The Labute approximate surface area is 165 Å². The molecule has 146 valence electrons. The van der Waals surface area contributed by atoms with Crippen LogP contribution in [0.5, 0.6) is 0 Å². The Morgan fingerprint density at radius 3 is 2.79 bits per heavy atom. The van der Waals surface area contributed by atoms with Gasteiger partial charge in [-0.25, -0.2) is 9.37 Å². The largest absolute Gasteiger partial charge is 0.302 e. The molecule has 0 aliphatic carbocycles. The first-order valence-electron chi connectivity index (χ1n) is 8.34. The van der Waals surface area contributed by atoms with E-state index in [1.54, 1.807) is 0 Å². The first-order valence-corrected chi connectivity index (χ1v) is 9.16. The molecule has 0 radical (unpaired) electrons. The molecule has 0 atom stereocenters. The van der Waals surface area contributed by atoms with E-state index in [1.807, 2.05) is 0 Å². The van der Waals surface area contributed by atoms with Crippen LogP contribution in [0.1, 0.15) is 27.1 Å². The molecule has 0 saturated carbocycles. The molecule has 2 aromatic carbocycles. The number of benzene rings is 2. The maximum absolute atomic E-state index is 13.2. The lowest BCUT2D eigenvalue weighted by Crippen LogP contribution is -2.33. The van der Waals surface area contributed by atoms with Crippen molar-refractivity contribution in [2.75, 3.05) is 11.9 Å². The van der Waals surface area contributed by atoms with Crippen LogP contribution in [0.2, 0.25) is 0 Å². The fourth-order valence-corrected chi connectivity index (χ4v) is 3.92. The number of carbonyl (C=O) groups excluding carboxylic acids is 3. The highest BCUT2D eigenvalue weighted by Gasteiger charge is 2.40. The lowest BCUT2D eigenvalue weighted by Gasteiger charge is -2.12. The van der Waals surface area contributed by atoms with Crippen molar-refractivity contribution in [3.63, 3.8) is 0 Å². The highest BCUT2D eigenvalue weighted by molar-refractivity contribution is 7.22. The molecule has 0 fully saturated rings. The van der Waals surface area contributed by atoms with Crippen molar-refractivity contribution in [1.29, 1.82) is 0 Å². The Kier molecular flexibility index (Phi) is 4.51. The lowest BCUT2D eigenvalue weighted by atomic mass is 10.1. The zero-order valence-electron chi connectivity index (χ0n) is 14.5. The van der Waals surface area contributed by atoms with Crippen LogP contribution in [0, 0.1) is 15.9 Å². The second-order valence-corrected chi connectivity index (χ2v) is 7.18. The Morgan fingerprint density at radius 1 is 1.24 bits per heavy atom. The van der Waals surface area contributed by atoms with Gasteiger partial charge in [0.1, 0.15) is 11.4 Å². The number of halogens is 1. The summed E-state index contributed by atoms with van der Waals surface area (Å²) in [5.74, 6) is -2.41. The van der Waals surface area contributed by atoms with E-state index in [0.29, 0.717) is 10.2 Å². The van der Waals surface area contributed by atoms with Crippen LogP contribution in [0.4, 0.5) is 15.2 Å². The number of hydrogen-bond acceptors (Lipinski definition) is 7. The zero-order valence-corrected chi connectivity index (χ0v) is 15.4. The number of rotatable bonds is 5. The summed E-state index contributed by atoms with van der Waals surface area (Å²) in [6.45, 7) is -0.241. The number of amides is 3. The minimum Gasteiger partial charge on any atom is -0.302 e. The van der Waals surface area contributed by atoms with E-state index in [4.69, 9.17) is 0 Å². The van der Waals surface area contributed by atoms with Gasteiger partial charge >= 0.3 is 0 Å². The molecule has 1 N–H and O–H groups in total. The third-order valence-corrected chi connectivity index (χ3v) is 5.27. The van der Waals surface area contributed by atoms with Crippen LogP contribution in [-0.2, 0) is 4.79 Å². The highest BCUT2D eigenvalue weighted by atomic mass is 32.1. The van der Waals surface area contributed by atoms with Crippen molar-refractivity contribution >= 4 is 50.1 Å². The van der Waals surface area contributed by atoms with Crippen LogP contribution in [-0.4, -0.2) is 39.1 Å². The number of nitrogens with one attached hydrogen (secondary N) is 1. The Bertz CT molecular complexity index is 1210. The number of anilines is 1. The second kappa shape index (κ2) is 7.02. The summed E-state index contributed by atoms with van der Waals surface area (Å²) < 4.78 is 13.8. The van der Waals surface area contributed by atoms with E-state index in [0.717, 1.165) is 22.3 Å². The molecule has 1 aliphatic heterocycles. The van der Waals surface area contributed by atoms with Gasteiger partial charge in [0.2, 0.25) is 5.91 Å². The first-order chi connectivity index (χ1) is 13.8. The van der Waals surface area contributed by atoms with Crippen molar-refractivity contribution in [3.05, 3.63) is 63.5 Å². The third kappa shape index (κ3) is 3.31. The lowest BCUT2D eigenvalue weighted by molar-refractivity contribution is -0.385. The Hall–Kier alpha value is -3.73. The van der Waals surface area contributed by atoms with E-state index >= 15 is 0 Å². The molecule has 9 nitrogen and oxygen atoms in total. The summed E-state index contributed by atoms with van der Waals surface area (Å²) >= 11 is 1.09. The number of imide groups is 1. The van der Waals surface area contributed by atoms with Gasteiger partial charge in [-0.3, -0.25) is 29.4 Å². The van der Waals surface area contributed by atoms with Crippen molar-refractivity contribution in [3.8, 4) is 0 Å². The van der Waals surface area contributed by atoms with Crippen molar-refractivity contribution in [1.82, 2.24) is 9.88 Å². The normalized spacial score (nSPS) is 13.1. The molecule has 0 unspecified atom stereocenters. The molecule has 2 heterocycles. The van der Waals surface area contributed by atoms with Crippen molar-refractivity contribution < 1.29 is 23.7 Å². The van der Waals surface area contributed by atoms with Gasteiger partial charge in [-0.05, 0) is 24.3 Å². The molecule has 1 aromatic heterocycles. The van der Waals surface area contributed by atoms with Gasteiger partial charge in [0.05, 0.1) is 20.7 Å². The van der Waals surface area contributed by atoms with Crippen LogP contribution in [0.3, 0.4) is 0 Å². The molecular formula is C18H11FN4O5S. The zero-order chi connectivity index (χ0) is 20.7. The molecule has 3 amide bonds. The van der Waals surface area contributed by atoms with Crippen LogP contribution in [0.25, 0.3) is 10.2 Å². The summed E-state index contributed by atoms with van der Waals surface area (Å²) in [7, 11) is 0. The molecule has 29 heavy (non-hydrogen) atoms. The summed E-state index contributed by atoms with van der Waals surface area (Å²) in [5, 5.41) is 13.9. The number of fused-ring (bicyclic) bond motifs is 2. The molecule has 0 bridgehead atoms. The maximum atomic E-state index is 13.2. The number of thiazole rings is 1. The summed E-state index contributed by atoms with van der Waals surface area (Å²) in [5.41, 5.74) is -0.247. The quantitative estimate of drug-likeness (QED) is 0.389. The predicted octanol–water partition coefficient (Wildman–Crippen LogP) is 2.97. The third-order valence-electron chi connectivity index (χ3n) is 4.33. The minimum absolute atomic E-state index is 0.0576. The summed E-state index contributed by atoms with van der Waals surface area (Å²) in [4.78, 5) is 52.4. The SMILES string of the molecule is O=C(CCN1C(=O)c2cccc([N+](=O)[O-])c2C1=O)Nc1nc2ccc(F)cc2s1. The monoisotopic (exact) mass is 414 g/mol. The molecule has 3 aromatic rings.